The number of alkyl halides is 3. The lowest BCUT2D eigenvalue weighted by atomic mass is 9.61. The van der Waals surface area contributed by atoms with E-state index in [9.17, 15) is 13.2 Å². The van der Waals surface area contributed by atoms with E-state index in [1.54, 1.807) is 18.3 Å². The Hall–Kier alpha value is -2.02. The molecule has 2 aromatic rings. The maximum Gasteiger partial charge on any atom is 0.573 e. The minimum Gasteiger partial charge on any atom is -0.406 e. The van der Waals surface area contributed by atoms with Crippen LogP contribution in [-0.2, 0) is 0 Å². The topological polar surface area (TPSA) is 63.9 Å². The first kappa shape index (κ1) is 19.3. The van der Waals surface area contributed by atoms with Gasteiger partial charge >= 0.3 is 6.36 Å². The fourth-order valence-electron chi connectivity index (χ4n) is 4.81. The minimum atomic E-state index is -4.69. The van der Waals surface area contributed by atoms with Crippen molar-refractivity contribution in [1.29, 1.82) is 0 Å². The first-order valence-electron chi connectivity index (χ1n) is 10.0. The number of nitrogens with zero attached hydrogens (tertiary/aromatic N) is 1. The molecule has 28 heavy (non-hydrogen) atoms. The summed E-state index contributed by atoms with van der Waals surface area (Å²) in [6.45, 7) is 0. The van der Waals surface area contributed by atoms with Crippen molar-refractivity contribution in [2.24, 2.45) is 11.7 Å². The highest BCUT2D eigenvalue weighted by molar-refractivity contribution is 5.59. The third-order valence-electron chi connectivity index (χ3n) is 6.31. The van der Waals surface area contributed by atoms with Gasteiger partial charge in [0.15, 0.2) is 0 Å². The van der Waals surface area contributed by atoms with Crippen LogP contribution in [0.15, 0.2) is 30.5 Å². The molecule has 0 aliphatic heterocycles. The van der Waals surface area contributed by atoms with Gasteiger partial charge in [0.25, 0.3) is 0 Å². The fraction of sp³-hybridized carbons (Fsp3) is 0.571. The average molecular weight is 393 g/mol. The van der Waals surface area contributed by atoms with Gasteiger partial charge < -0.3 is 15.5 Å². The maximum absolute atomic E-state index is 12.3. The van der Waals surface area contributed by atoms with E-state index in [0.717, 1.165) is 36.3 Å². The molecule has 0 unspecified atom stereocenters. The molecule has 1 aromatic carbocycles. The van der Waals surface area contributed by atoms with Gasteiger partial charge in [-0.05, 0) is 67.9 Å². The molecule has 4 nitrogen and oxygen atoms in total. The van der Waals surface area contributed by atoms with Crippen LogP contribution in [0.1, 0.15) is 63.1 Å². The Kier molecular flexibility index (Phi) is 5.12. The summed E-state index contributed by atoms with van der Waals surface area (Å²) in [5, 5.41) is 0. The zero-order valence-electron chi connectivity index (χ0n) is 15.8. The van der Waals surface area contributed by atoms with Crippen LogP contribution < -0.4 is 10.5 Å². The number of rotatable bonds is 5. The number of nitrogens with one attached hydrogen (secondary N) is 1. The summed E-state index contributed by atoms with van der Waals surface area (Å²) in [6, 6.07) is 5.85. The number of benzene rings is 1. The van der Waals surface area contributed by atoms with Gasteiger partial charge in [0, 0.05) is 11.5 Å². The average Bonchev–Trinajstić information content (AvgIpc) is 3.10. The summed E-state index contributed by atoms with van der Waals surface area (Å²) >= 11 is 0. The fourth-order valence-corrected chi connectivity index (χ4v) is 4.81. The van der Waals surface area contributed by atoms with Crippen molar-refractivity contribution >= 4 is 0 Å². The molecule has 0 amide bonds. The number of ether oxygens (including phenoxy) is 1. The molecular formula is C21H26F3N3O. The molecule has 1 heterocycles. The Morgan fingerprint density at radius 2 is 1.75 bits per heavy atom. The second-order valence-electron chi connectivity index (χ2n) is 8.22. The van der Waals surface area contributed by atoms with Crippen LogP contribution in [-0.4, -0.2) is 21.9 Å². The van der Waals surface area contributed by atoms with Crippen LogP contribution in [0.4, 0.5) is 13.2 Å². The van der Waals surface area contributed by atoms with Crippen LogP contribution in [0.5, 0.6) is 5.75 Å². The van der Waals surface area contributed by atoms with E-state index < -0.39 is 6.36 Å². The van der Waals surface area contributed by atoms with Gasteiger partial charge in [0.2, 0.25) is 0 Å². The number of H-pyrrole nitrogens is 1. The predicted octanol–water partition coefficient (Wildman–Crippen LogP) is 5.52. The molecule has 0 spiro atoms. The minimum absolute atomic E-state index is 0.193. The van der Waals surface area contributed by atoms with Crippen molar-refractivity contribution in [3.63, 3.8) is 0 Å². The SMILES string of the molecule is NC1([C@@H](c2ncc(-c3ccc(OC(F)(F)F)cc3)[nH]2)C2CCCCC2)CCC1. The lowest BCUT2D eigenvalue weighted by Gasteiger charge is -2.48. The highest BCUT2D eigenvalue weighted by Gasteiger charge is 2.46. The molecule has 3 N–H and O–H groups in total. The molecule has 2 fully saturated rings. The summed E-state index contributed by atoms with van der Waals surface area (Å²) < 4.78 is 40.9. The standard InChI is InChI=1S/C21H26F3N3O/c22-21(23,24)28-16-9-7-14(8-10-16)17-13-26-19(27-17)18(20(25)11-4-12-20)15-5-2-1-3-6-15/h7-10,13,15,18H,1-6,11-12,25H2,(H,26,27)/t18-/m1/s1. The first-order valence-corrected chi connectivity index (χ1v) is 10.0. The lowest BCUT2D eigenvalue weighted by molar-refractivity contribution is -0.274. The van der Waals surface area contributed by atoms with Crippen LogP contribution in [0, 0.1) is 5.92 Å². The molecule has 152 valence electrons. The normalized spacial score (nSPS) is 21.1. The number of imidazole rings is 1. The van der Waals surface area contributed by atoms with Crippen molar-refractivity contribution in [2.75, 3.05) is 0 Å². The zero-order valence-corrected chi connectivity index (χ0v) is 15.8. The quantitative estimate of drug-likeness (QED) is 0.703. The predicted molar refractivity (Wildman–Crippen MR) is 101 cm³/mol. The molecule has 1 aromatic heterocycles. The number of hydrogen-bond acceptors (Lipinski definition) is 3. The molecule has 2 aliphatic rings. The second kappa shape index (κ2) is 7.43. The van der Waals surface area contributed by atoms with E-state index >= 15 is 0 Å². The smallest absolute Gasteiger partial charge is 0.406 e. The molecule has 2 saturated carbocycles. The summed E-state index contributed by atoms with van der Waals surface area (Å²) in [5.74, 6) is 1.44. The maximum atomic E-state index is 12.3. The van der Waals surface area contributed by atoms with Gasteiger partial charge in [-0.3, -0.25) is 0 Å². The summed E-state index contributed by atoms with van der Waals surface area (Å²) in [5.41, 5.74) is 8.12. The zero-order chi connectivity index (χ0) is 19.8. The Labute approximate surface area is 162 Å². The van der Waals surface area contributed by atoms with E-state index in [0.29, 0.717) is 5.92 Å². The first-order chi connectivity index (χ1) is 13.3. The van der Waals surface area contributed by atoms with Gasteiger partial charge in [-0.15, -0.1) is 13.2 Å². The van der Waals surface area contributed by atoms with Gasteiger partial charge in [-0.1, -0.05) is 19.3 Å². The van der Waals surface area contributed by atoms with Crippen molar-refractivity contribution in [3.8, 4) is 17.0 Å². The molecule has 1 atom stereocenters. The summed E-state index contributed by atoms with van der Waals surface area (Å²) in [4.78, 5) is 8.07. The van der Waals surface area contributed by atoms with Gasteiger partial charge in [0.05, 0.1) is 11.9 Å². The van der Waals surface area contributed by atoms with Crippen LogP contribution in [0.3, 0.4) is 0 Å². The van der Waals surface area contributed by atoms with Gasteiger partial charge in [-0.25, -0.2) is 4.98 Å². The summed E-state index contributed by atoms with van der Waals surface area (Å²) in [7, 11) is 0. The lowest BCUT2D eigenvalue weighted by Crippen LogP contribution is -2.54. The third kappa shape index (κ3) is 4.04. The Bertz CT molecular complexity index is 790. The van der Waals surface area contributed by atoms with Crippen molar-refractivity contribution in [3.05, 3.63) is 36.3 Å². The Morgan fingerprint density at radius 3 is 2.32 bits per heavy atom. The number of aromatic amines is 1. The molecule has 4 rings (SSSR count). The Morgan fingerprint density at radius 1 is 1.07 bits per heavy atom. The van der Waals surface area contributed by atoms with Crippen molar-refractivity contribution in [2.45, 2.75) is 69.2 Å². The molecular weight excluding hydrogens is 367 g/mol. The van der Waals surface area contributed by atoms with Crippen LogP contribution in [0.25, 0.3) is 11.3 Å². The second-order valence-corrected chi connectivity index (χ2v) is 8.22. The number of hydrogen-bond donors (Lipinski definition) is 2. The third-order valence-corrected chi connectivity index (χ3v) is 6.31. The summed E-state index contributed by atoms with van der Waals surface area (Å²) in [6.07, 6.45) is 6.41. The van der Waals surface area contributed by atoms with Crippen molar-refractivity contribution in [1.82, 2.24) is 9.97 Å². The number of aromatic nitrogens is 2. The molecule has 0 radical (unpaired) electrons. The van der Waals surface area contributed by atoms with Gasteiger partial charge in [-0.2, -0.15) is 0 Å². The van der Waals surface area contributed by atoms with Gasteiger partial charge in [0.1, 0.15) is 11.6 Å². The highest BCUT2D eigenvalue weighted by Crippen LogP contribution is 2.48. The van der Waals surface area contributed by atoms with Crippen LogP contribution in [0.2, 0.25) is 0 Å². The molecule has 2 aliphatic carbocycles. The highest BCUT2D eigenvalue weighted by atomic mass is 19.4. The van der Waals surface area contributed by atoms with E-state index in [1.165, 1.54) is 44.2 Å². The Balaban J connectivity index is 1.56. The van der Waals surface area contributed by atoms with E-state index in [1.807, 2.05) is 0 Å². The molecule has 0 bridgehead atoms. The largest absolute Gasteiger partial charge is 0.573 e. The number of halogens is 3. The molecule has 7 heteroatoms. The number of nitrogens with two attached hydrogens (primary N) is 1. The molecule has 0 saturated heterocycles. The van der Waals surface area contributed by atoms with Crippen molar-refractivity contribution < 1.29 is 17.9 Å². The van der Waals surface area contributed by atoms with E-state index in [2.05, 4.69) is 14.7 Å². The van der Waals surface area contributed by atoms with E-state index in [-0.39, 0.29) is 17.2 Å². The monoisotopic (exact) mass is 393 g/mol. The van der Waals surface area contributed by atoms with Crippen LogP contribution >= 0.6 is 0 Å². The van der Waals surface area contributed by atoms with E-state index in [4.69, 9.17) is 5.73 Å².